The van der Waals surface area contributed by atoms with E-state index in [1.165, 1.54) is 16.7 Å². The van der Waals surface area contributed by atoms with Crippen LogP contribution in [0, 0.1) is 12.8 Å². The molecule has 6 nitrogen and oxygen atoms in total. The maximum Gasteiger partial charge on any atom is 0.140 e. The number of fused-ring (bicyclic) bond motifs is 1. The molecule has 4 heterocycles. The van der Waals surface area contributed by atoms with Gasteiger partial charge in [-0.1, -0.05) is 0 Å². The van der Waals surface area contributed by atoms with Crippen LogP contribution in [0.1, 0.15) is 24.1 Å². The lowest BCUT2D eigenvalue weighted by molar-refractivity contribution is 0.0637. The van der Waals surface area contributed by atoms with E-state index in [1.807, 2.05) is 0 Å². The van der Waals surface area contributed by atoms with Crippen LogP contribution in [0.25, 0.3) is 10.2 Å². The van der Waals surface area contributed by atoms with Crippen LogP contribution in [-0.2, 0) is 0 Å². The minimum atomic E-state index is 0.285. The molecule has 0 saturated carbocycles. The second-order valence-corrected chi connectivity index (χ2v) is 9.28. The zero-order valence-corrected chi connectivity index (χ0v) is 17.3. The number of piperidine rings is 1. The molecule has 0 radical (unpaired) electrons. The molecule has 2 fully saturated rings. The number of aliphatic hydroxyl groups excluding tert-OH is 1. The van der Waals surface area contributed by atoms with E-state index >= 15 is 0 Å². The zero-order valence-electron chi connectivity index (χ0n) is 16.5. The fourth-order valence-corrected chi connectivity index (χ4v) is 5.54. The Hall–Kier alpha value is -1.28. The van der Waals surface area contributed by atoms with Crippen molar-refractivity contribution in [3.8, 4) is 0 Å². The minimum Gasteiger partial charge on any atom is -0.396 e. The summed E-state index contributed by atoms with van der Waals surface area (Å²) in [5, 5.41) is 10.6. The number of likely N-dealkylation sites (N-methyl/N-ethyl adjacent to an activating group) is 1. The highest BCUT2D eigenvalue weighted by Crippen LogP contribution is 2.34. The molecule has 0 amide bonds. The fraction of sp³-hybridized carbons (Fsp3) is 0.700. The highest BCUT2D eigenvalue weighted by Gasteiger charge is 2.35. The molecule has 2 aliphatic rings. The van der Waals surface area contributed by atoms with Crippen molar-refractivity contribution in [2.24, 2.45) is 5.92 Å². The van der Waals surface area contributed by atoms with Crippen molar-refractivity contribution in [2.75, 3.05) is 57.8 Å². The maximum atomic E-state index is 9.40. The van der Waals surface area contributed by atoms with Crippen molar-refractivity contribution in [3.63, 3.8) is 0 Å². The number of aryl methyl sites for hydroxylation is 1. The van der Waals surface area contributed by atoms with Gasteiger partial charge in [0.2, 0.25) is 0 Å². The van der Waals surface area contributed by atoms with Gasteiger partial charge in [0.05, 0.1) is 5.39 Å². The summed E-state index contributed by atoms with van der Waals surface area (Å²) >= 11 is 1.74. The number of hydrogen-bond donors (Lipinski definition) is 1. The van der Waals surface area contributed by atoms with Crippen LogP contribution in [-0.4, -0.2) is 83.8 Å². The first-order valence-electron chi connectivity index (χ1n) is 10.1. The van der Waals surface area contributed by atoms with Gasteiger partial charge in [0.25, 0.3) is 0 Å². The SMILES string of the molecule is Cc1cc2c(N3CC[C@@H](N4CCN(C)CC4)[C@@H](CCCO)C3)ncnc2s1. The third-order valence-corrected chi connectivity index (χ3v) is 7.12. The van der Waals surface area contributed by atoms with Gasteiger partial charge in [-0.2, -0.15) is 0 Å². The predicted octanol–water partition coefficient (Wildman–Crippen LogP) is 2.21. The Morgan fingerprint density at radius 2 is 2.00 bits per heavy atom. The summed E-state index contributed by atoms with van der Waals surface area (Å²) in [5.41, 5.74) is 0. The molecule has 0 unspecified atom stereocenters. The normalized spacial score (nSPS) is 25.4. The molecule has 2 aliphatic heterocycles. The highest BCUT2D eigenvalue weighted by molar-refractivity contribution is 7.18. The molecule has 0 aromatic carbocycles. The highest BCUT2D eigenvalue weighted by atomic mass is 32.1. The maximum absolute atomic E-state index is 9.40. The predicted molar refractivity (Wildman–Crippen MR) is 112 cm³/mol. The van der Waals surface area contributed by atoms with E-state index in [1.54, 1.807) is 17.7 Å². The topological polar surface area (TPSA) is 55.7 Å². The van der Waals surface area contributed by atoms with E-state index in [0.29, 0.717) is 12.0 Å². The molecule has 2 saturated heterocycles. The van der Waals surface area contributed by atoms with E-state index in [-0.39, 0.29) is 6.61 Å². The van der Waals surface area contributed by atoms with Gasteiger partial charge < -0.3 is 14.9 Å². The van der Waals surface area contributed by atoms with Gasteiger partial charge in [-0.05, 0) is 45.2 Å². The van der Waals surface area contributed by atoms with E-state index < -0.39 is 0 Å². The van der Waals surface area contributed by atoms with Crippen molar-refractivity contribution in [2.45, 2.75) is 32.2 Å². The third-order valence-electron chi connectivity index (χ3n) is 6.16. The number of aromatic nitrogens is 2. The molecular weight excluding hydrogens is 358 g/mol. The second kappa shape index (κ2) is 8.39. The standard InChI is InChI=1S/C20H31N5OS/c1-15-12-17-19(21-14-22-20(17)27-15)25-6-5-18(16(13-25)4-3-11-26)24-9-7-23(2)8-10-24/h12,14,16,18,26H,3-11,13H2,1-2H3/t16-,18+/m0/s1. The molecule has 148 valence electrons. The Morgan fingerprint density at radius 1 is 1.19 bits per heavy atom. The first kappa shape index (κ1) is 19.1. The van der Waals surface area contributed by atoms with Gasteiger partial charge in [-0.3, -0.25) is 4.90 Å². The van der Waals surface area contributed by atoms with Crippen LogP contribution in [0.4, 0.5) is 5.82 Å². The summed E-state index contributed by atoms with van der Waals surface area (Å²) < 4.78 is 0. The first-order chi connectivity index (χ1) is 13.2. The van der Waals surface area contributed by atoms with E-state index in [0.717, 1.165) is 62.8 Å². The van der Waals surface area contributed by atoms with Crippen molar-refractivity contribution in [1.82, 2.24) is 19.8 Å². The molecule has 2 aromatic rings. The molecule has 27 heavy (non-hydrogen) atoms. The molecule has 7 heteroatoms. The second-order valence-electron chi connectivity index (χ2n) is 8.04. The van der Waals surface area contributed by atoms with E-state index in [9.17, 15) is 5.11 Å². The number of hydrogen-bond acceptors (Lipinski definition) is 7. The van der Waals surface area contributed by atoms with E-state index in [2.05, 4.69) is 44.7 Å². The number of aliphatic hydroxyl groups is 1. The summed E-state index contributed by atoms with van der Waals surface area (Å²) in [6, 6.07) is 2.85. The monoisotopic (exact) mass is 389 g/mol. The Bertz CT molecular complexity index is 758. The average Bonchev–Trinajstić information content (AvgIpc) is 3.07. The summed E-state index contributed by atoms with van der Waals surface area (Å²) in [5.74, 6) is 1.68. The average molecular weight is 390 g/mol. The number of rotatable bonds is 5. The van der Waals surface area contributed by atoms with Gasteiger partial charge in [0.1, 0.15) is 17.0 Å². The van der Waals surface area contributed by atoms with Crippen molar-refractivity contribution in [1.29, 1.82) is 0 Å². The van der Waals surface area contributed by atoms with Crippen LogP contribution in [0.2, 0.25) is 0 Å². The minimum absolute atomic E-state index is 0.285. The molecule has 1 N–H and O–H groups in total. The summed E-state index contributed by atoms with van der Waals surface area (Å²) in [6.07, 6.45) is 4.86. The van der Waals surface area contributed by atoms with Crippen LogP contribution < -0.4 is 4.90 Å². The summed E-state index contributed by atoms with van der Waals surface area (Å²) in [4.78, 5) is 19.1. The van der Waals surface area contributed by atoms with Crippen molar-refractivity contribution >= 4 is 27.4 Å². The lowest BCUT2D eigenvalue weighted by atomic mass is 9.86. The lowest BCUT2D eigenvalue weighted by Crippen LogP contribution is -2.56. The van der Waals surface area contributed by atoms with Crippen molar-refractivity contribution in [3.05, 3.63) is 17.3 Å². The summed E-state index contributed by atoms with van der Waals surface area (Å²) in [7, 11) is 2.21. The largest absolute Gasteiger partial charge is 0.396 e. The quantitative estimate of drug-likeness (QED) is 0.846. The molecule has 0 bridgehead atoms. The van der Waals surface area contributed by atoms with Gasteiger partial charge in [0, 0.05) is 56.8 Å². The fourth-order valence-electron chi connectivity index (χ4n) is 4.70. The number of thiophene rings is 1. The smallest absolute Gasteiger partial charge is 0.140 e. The molecule has 2 aromatic heterocycles. The van der Waals surface area contributed by atoms with E-state index in [4.69, 9.17) is 0 Å². The Kier molecular flexibility index (Phi) is 5.92. The van der Waals surface area contributed by atoms with Crippen LogP contribution in [0.15, 0.2) is 12.4 Å². The number of piperazine rings is 1. The van der Waals surface area contributed by atoms with Crippen LogP contribution in [0.3, 0.4) is 0 Å². The Labute approximate surface area is 165 Å². The molecule has 0 spiro atoms. The zero-order chi connectivity index (χ0) is 18.8. The van der Waals surface area contributed by atoms with Gasteiger partial charge in [-0.25, -0.2) is 9.97 Å². The van der Waals surface area contributed by atoms with Crippen molar-refractivity contribution < 1.29 is 5.11 Å². The summed E-state index contributed by atoms with van der Waals surface area (Å²) in [6.45, 7) is 9.15. The Balaban J connectivity index is 1.53. The van der Waals surface area contributed by atoms with Crippen LogP contribution in [0.5, 0.6) is 0 Å². The van der Waals surface area contributed by atoms with Gasteiger partial charge in [-0.15, -0.1) is 11.3 Å². The molecule has 2 atom stereocenters. The lowest BCUT2D eigenvalue weighted by Gasteiger charge is -2.46. The van der Waals surface area contributed by atoms with Gasteiger partial charge in [0.15, 0.2) is 0 Å². The van der Waals surface area contributed by atoms with Crippen LogP contribution >= 0.6 is 11.3 Å². The molecule has 0 aliphatic carbocycles. The first-order valence-corrected chi connectivity index (χ1v) is 11.0. The third kappa shape index (κ3) is 4.11. The molecule has 4 rings (SSSR count). The number of anilines is 1. The molecular formula is C20H31N5OS. The number of nitrogens with zero attached hydrogens (tertiary/aromatic N) is 5. The van der Waals surface area contributed by atoms with Gasteiger partial charge >= 0.3 is 0 Å². The Morgan fingerprint density at radius 3 is 2.78 bits per heavy atom.